The molecule has 0 spiro atoms. The monoisotopic (exact) mass is 266 g/mol. The Bertz CT molecular complexity index is 581. The SMILES string of the molecule is CN1C=C(C=O)C(c2ccccc2)N(C)S1(=O)=O. The molecule has 1 heterocycles. The van der Waals surface area contributed by atoms with Gasteiger partial charge >= 0.3 is 10.2 Å². The van der Waals surface area contributed by atoms with Gasteiger partial charge in [0.15, 0.2) is 0 Å². The summed E-state index contributed by atoms with van der Waals surface area (Å²) in [5, 5.41) is 0. The quantitative estimate of drug-likeness (QED) is 0.748. The van der Waals surface area contributed by atoms with E-state index < -0.39 is 16.3 Å². The van der Waals surface area contributed by atoms with Crippen LogP contribution in [-0.4, -0.2) is 37.4 Å². The van der Waals surface area contributed by atoms with E-state index in [2.05, 4.69) is 0 Å². The largest absolute Gasteiger partial charge is 0.303 e. The molecule has 0 amide bonds. The average Bonchev–Trinajstić information content (AvgIpc) is 2.37. The second-order valence-corrected chi connectivity index (χ2v) is 6.15. The van der Waals surface area contributed by atoms with Gasteiger partial charge in [-0.2, -0.15) is 12.7 Å². The average molecular weight is 266 g/mol. The number of hydrogen-bond acceptors (Lipinski definition) is 3. The van der Waals surface area contributed by atoms with Crippen molar-refractivity contribution in [2.45, 2.75) is 6.04 Å². The molecule has 0 saturated carbocycles. The van der Waals surface area contributed by atoms with Crippen molar-refractivity contribution < 1.29 is 13.2 Å². The van der Waals surface area contributed by atoms with Gasteiger partial charge in [0.05, 0.1) is 6.04 Å². The van der Waals surface area contributed by atoms with Crippen molar-refractivity contribution in [2.75, 3.05) is 14.1 Å². The van der Waals surface area contributed by atoms with Gasteiger partial charge < -0.3 is 0 Å². The Morgan fingerprint density at radius 3 is 2.33 bits per heavy atom. The lowest BCUT2D eigenvalue weighted by Gasteiger charge is -2.35. The van der Waals surface area contributed by atoms with Gasteiger partial charge in [-0.3, -0.25) is 9.10 Å². The van der Waals surface area contributed by atoms with Crippen molar-refractivity contribution in [1.82, 2.24) is 8.61 Å². The van der Waals surface area contributed by atoms with E-state index in [1.807, 2.05) is 18.2 Å². The lowest BCUT2D eigenvalue weighted by molar-refractivity contribution is -0.105. The molecule has 2 rings (SSSR count). The molecule has 1 aromatic carbocycles. The van der Waals surface area contributed by atoms with Crippen LogP contribution in [0.2, 0.25) is 0 Å². The van der Waals surface area contributed by atoms with E-state index in [-0.39, 0.29) is 0 Å². The fourth-order valence-corrected chi connectivity index (χ4v) is 3.20. The predicted molar refractivity (Wildman–Crippen MR) is 67.8 cm³/mol. The molecule has 1 unspecified atom stereocenters. The first kappa shape index (κ1) is 12.8. The van der Waals surface area contributed by atoms with Crippen molar-refractivity contribution in [3.05, 3.63) is 47.7 Å². The van der Waals surface area contributed by atoms with E-state index in [9.17, 15) is 13.2 Å². The van der Waals surface area contributed by atoms with Gasteiger partial charge in [-0.1, -0.05) is 30.3 Å². The summed E-state index contributed by atoms with van der Waals surface area (Å²) in [6, 6.07) is 8.52. The van der Waals surface area contributed by atoms with Crippen LogP contribution >= 0.6 is 0 Å². The minimum absolute atomic E-state index is 0.418. The molecule has 96 valence electrons. The lowest BCUT2D eigenvalue weighted by atomic mass is 10.0. The van der Waals surface area contributed by atoms with Gasteiger partial charge in [-0.25, -0.2) is 0 Å². The van der Waals surface area contributed by atoms with Crippen LogP contribution in [0.15, 0.2) is 42.1 Å². The first-order valence-electron chi connectivity index (χ1n) is 5.41. The molecule has 1 aliphatic rings. The van der Waals surface area contributed by atoms with E-state index >= 15 is 0 Å². The summed E-state index contributed by atoms with van der Waals surface area (Å²) in [4.78, 5) is 11.1. The first-order valence-corrected chi connectivity index (χ1v) is 6.81. The number of nitrogens with zero attached hydrogens (tertiary/aromatic N) is 2. The number of carbonyl (C=O) groups excluding carboxylic acids is 1. The molecule has 0 bridgehead atoms. The summed E-state index contributed by atoms with van der Waals surface area (Å²) in [7, 11) is -0.664. The van der Waals surface area contributed by atoms with Crippen LogP contribution in [0.4, 0.5) is 0 Å². The standard InChI is InChI=1S/C12H14N2O3S/c1-13-8-11(9-15)12(14(2)18(13,16)17)10-6-4-3-5-7-10/h3-9,12H,1-2H3. The number of benzene rings is 1. The Morgan fingerprint density at radius 1 is 1.17 bits per heavy atom. The molecule has 0 aromatic heterocycles. The number of likely N-dealkylation sites (N-methyl/N-ethyl adjacent to an activating group) is 1. The minimum Gasteiger partial charge on any atom is -0.298 e. The molecular weight excluding hydrogens is 252 g/mol. The van der Waals surface area contributed by atoms with Crippen LogP contribution in [-0.2, 0) is 15.0 Å². The fraction of sp³-hybridized carbons (Fsp3) is 0.250. The van der Waals surface area contributed by atoms with Crippen molar-refractivity contribution in [2.24, 2.45) is 0 Å². The summed E-state index contributed by atoms with van der Waals surface area (Å²) in [5.41, 5.74) is 1.19. The van der Waals surface area contributed by atoms with Gasteiger partial charge in [-0.15, -0.1) is 0 Å². The Balaban J connectivity index is 2.58. The molecule has 0 saturated heterocycles. The Kier molecular flexibility index (Phi) is 3.23. The smallest absolute Gasteiger partial charge is 0.298 e. The van der Waals surface area contributed by atoms with Gasteiger partial charge in [-0.05, 0) is 5.56 Å². The summed E-state index contributed by atoms with van der Waals surface area (Å²) in [6.07, 6.45) is 2.05. The normalized spacial score (nSPS) is 23.6. The number of hydrogen-bond donors (Lipinski definition) is 0. The molecule has 1 atom stereocenters. The molecule has 0 N–H and O–H groups in total. The van der Waals surface area contributed by atoms with Crippen LogP contribution in [0.5, 0.6) is 0 Å². The third kappa shape index (κ3) is 1.93. The molecule has 0 aliphatic carbocycles. The highest BCUT2D eigenvalue weighted by molar-refractivity contribution is 7.86. The molecule has 1 aliphatic heterocycles. The van der Waals surface area contributed by atoms with Crippen LogP contribution in [0, 0.1) is 0 Å². The van der Waals surface area contributed by atoms with E-state index in [0.717, 1.165) is 9.87 Å². The summed E-state index contributed by atoms with van der Waals surface area (Å²) >= 11 is 0. The first-order chi connectivity index (χ1) is 8.48. The summed E-state index contributed by atoms with van der Waals surface area (Å²) in [6.45, 7) is 0. The minimum atomic E-state index is -3.55. The van der Waals surface area contributed by atoms with Crippen molar-refractivity contribution in [1.29, 1.82) is 0 Å². The Hall–Kier alpha value is -1.66. The molecule has 0 fully saturated rings. The van der Waals surface area contributed by atoms with Gasteiger partial charge in [0.2, 0.25) is 0 Å². The second kappa shape index (κ2) is 4.55. The number of aldehydes is 1. The zero-order chi connectivity index (χ0) is 13.3. The third-order valence-electron chi connectivity index (χ3n) is 2.99. The fourth-order valence-electron chi connectivity index (χ4n) is 2.03. The topological polar surface area (TPSA) is 57.7 Å². The van der Waals surface area contributed by atoms with Crippen molar-refractivity contribution in [3.8, 4) is 0 Å². The highest BCUT2D eigenvalue weighted by atomic mass is 32.2. The molecule has 18 heavy (non-hydrogen) atoms. The van der Waals surface area contributed by atoms with Gasteiger partial charge in [0, 0.05) is 25.9 Å². The molecule has 6 heteroatoms. The van der Waals surface area contributed by atoms with Crippen LogP contribution in [0.25, 0.3) is 0 Å². The maximum Gasteiger partial charge on any atom is 0.303 e. The predicted octanol–water partition coefficient (Wildman–Crippen LogP) is 0.932. The molecule has 5 nitrogen and oxygen atoms in total. The highest BCUT2D eigenvalue weighted by Gasteiger charge is 2.36. The van der Waals surface area contributed by atoms with E-state index in [1.165, 1.54) is 24.6 Å². The van der Waals surface area contributed by atoms with Crippen LogP contribution in [0.3, 0.4) is 0 Å². The van der Waals surface area contributed by atoms with Crippen LogP contribution < -0.4 is 0 Å². The number of rotatable bonds is 2. The lowest BCUT2D eigenvalue weighted by Crippen LogP contribution is -2.44. The Morgan fingerprint density at radius 2 is 1.78 bits per heavy atom. The third-order valence-corrected chi connectivity index (χ3v) is 4.76. The van der Waals surface area contributed by atoms with Crippen molar-refractivity contribution in [3.63, 3.8) is 0 Å². The molecule has 1 aromatic rings. The number of carbonyl (C=O) groups is 1. The molecular formula is C12H14N2O3S. The van der Waals surface area contributed by atoms with Gasteiger partial charge in [0.25, 0.3) is 0 Å². The van der Waals surface area contributed by atoms with Crippen molar-refractivity contribution >= 4 is 16.5 Å². The summed E-state index contributed by atoms with van der Waals surface area (Å²) in [5.74, 6) is 0. The van der Waals surface area contributed by atoms with Crippen LogP contribution in [0.1, 0.15) is 11.6 Å². The zero-order valence-electron chi connectivity index (χ0n) is 10.1. The Labute approximate surface area is 107 Å². The van der Waals surface area contributed by atoms with E-state index in [4.69, 9.17) is 0 Å². The van der Waals surface area contributed by atoms with E-state index in [1.54, 1.807) is 12.1 Å². The summed E-state index contributed by atoms with van der Waals surface area (Å²) < 4.78 is 26.4. The highest BCUT2D eigenvalue weighted by Crippen LogP contribution is 2.33. The maximum atomic E-state index is 12.0. The van der Waals surface area contributed by atoms with E-state index in [0.29, 0.717) is 11.9 Å². The van der Waals surface area contributed by atoms with Gasteiger partial charge in [0.1, 0.15) is 6.29 Å². The zero-order valence-corrected chi connectivity index (χ0v) is 11.0. The second-order valence-electron chi connectivity index (χ2n) is 4.10. The molecule has 0 radical (unpaired) electrons. The maximum absolute atomic E-state index is 12.0.